The first-order chi connectivity index (χ1) is 10.5. The number of amides is 2. The summed E-state index contributed by atoms with van der Waals surface area (Å²) in [5, 5.41) is 14.0. The van der Waals surface area contributed by atoms with E-state index in [0.29, 0.717) is 5.56 Å². The van der Waals surface area contributed by atoms with Gasteiger partial charge in [0.15, 0.2) is 0 Å². The van der Waals surface area contributed by atoms with Gasteiger partial charge in [-0.3, -0.25) is 0 Å². The third-order valence-electron chi connectivity index (χ3n) is 3.00. The van der Waals surface area contributed by atoms with Gasteiger partial charge in [-0.25, -0.2) is 14.0 Å². The number of benzene rings is 2. The number of rotatable bonds is 5. The summed E-state index contributed by atoms with van der Waals surface area (Å²) in [5.74, 6) is -1.34. The summed E-state index contributed by atoms with van der Waals surface area (Å²) in [4.78, 5) is 22.4. The monoisotopic (exact) mass is 302 g/mol. The molecule has 0 radical (unpaired) electrons. The molecule has 0 aromatic heterocycles. The first-order valence-corrected chi connectivity index (χ1v) is 6.63. The molecule has 0 spiro atoms. The SMILES string of the molecule is O=C(NCc1ccc(C(=O)O)cc1)NCc1cccc(F)c1. The van der Waals surface area contributed by atoms with Crippen LogP contribution in [0.5, 0.6) is 0 Å². The highest BCUT2D eigenvalue weighted by Gasteiger charge is 2.04. The number of urea groups is 1. The van der Waals surface area contributed by atoms with Crippen LogP contribution in [-0.4, -0.2) is 17.1 Å². The zero-order valence-corrected chi connectivity index (χ0v) is 11.7. The van der Waals surface area contributed by atoms with E-state index in [0.717, 1.165) is 5.56 Å². The van der Waals surface area contributed by atoms with Crippen LogP contribution in [0.1, 0.15) is 21.5 Å². The molecule has 0 unspecified atom stereocenters. The number of nitrogens with one attached hydrogen (secondary N) is 2. The van der Waals surface area contributed by atoms with Crippen LogP contribution in [-0.2, 0) is 13.1 Å². The molecule has 5 nitrogen and oxygen atoms in total. The molecule has 2 rings (SSSR count). The van der Waals surface area contributed by atoms with Crippen molar-refractivity contribution in [1.29, 1.82) is 0 Å². The van der Waals surface area contributed by atoms with Gasteiger partial charge in [0, 0.05) is 13.1 Å². The molecule has 2 aromatic carbocycles. The largest absolute Gasteiger partial charge is 0.478 e. The summed E-state index contributed by atoms with van der Waals surface area (Å²) >= 11 is 0. The van der Waals surface area contributed by atoms with Crippen molar-refractivity contribution in [3.05, 3.63) is 71.0 Å². The first kappa shape index (κ1) is 15.5. The number of hydrogen-bond acceptors (Lipinski definition) is 2. The number of carboxylic acid groups (broad SMARTS) is 1. The summed E-state index contributed by atoms with van der Waals surface area (Å²) in [7, 11) is 0. The van der Waals surface area contributed by atoms with Crippen molar-refractivity contribution in [1.82, 2.24) is 10.6 Å². The fourth-order valence-corrected chi connectivity index (χ4v) is 1.84. The average molecular weight is 302 g/mol. The fourth-order valence-electron chi connectivity index (χ4n) is 1.84. The number of aromatic carboxylic acids is 1. The molecule has 0 bridgehead atoms. The van der Waals surface area contributed by atoms with Gasteiger partial charge in [0.25, 0.3) is 0 Å². The minimum Gasteiger partial charge on any atom is -0.478 e. The summed E-state index contributed by atoms with van der Waals surface area (Å²) in [6, 6.07) is 11.8. The van der Waals surface area contributed by atoms with E-state index in [1.54, 1.807) is 24.3 Å². The van der Waals surface area contributed by atoms with Crippen molar-refractivity contribution in [2.45, 2.75) is 13.1 Å². The van der Waals surface area contributed by atoms with Gasteiger partial charge in [0.1, 0.15) is 5.82 Å². The second-order valence-corrected chi connectivity index (χ2v) is 4.67. The van der Waals surface area contributed by atoms with E-state index in [2.05, 4.69) is 10.6 Å². The predicted octanol–water partition coefficient (Wildman–Crippen LogP) is 2.52. The Balaban J connectivity index is 1.79. The van der Waals surface area contributed by atoms with Gasteiger partial charge in [0.05, 0.1) is 5.56 Å². The molecular formula is C16H15FN2O3. The third kappa shape index (κ3) is 4.59. The lowest BCUT2D eigenvalue weighted by Gasteiger charge is -2.08. The Morgan fingerprint density at radius 1 is 0.955 bits per heavy atom. The van der Waals surface area contributed by atoms with Crippen molar-refractivity contribution in [3.8, 4) is 0 Å². The van der Waals surface area contributed by atoms with Gasteiger partial charge in [-0.1, -0.05) is 24.3 Å². The molecule has 0 atom stereocenters. The molecule has 0 fully saturated rings. The van der Waals surface area contributed by atoms with Crippen LogP contribution in [0.3, 0.4) is 0 Å². The smallest absolute Gasteiger partial charge is 0.335 e. The van der Waals surface area contributed by atoms with E-state index in [-0.39, 0.29) is 30.5 Å². The predicted molar refractivity (Wildman–Crippen MR) is 78.9 cm³/mol. The molecule has 2 aromatic rings. The van der Waals surface area contributed by atoms with E-state index in [1.807, 2.05) is 0 Å². The first-order valence-electron chi connectivity index (χ1n) is 6.63. The molecule has 0 saturated heterocycles. The molecule has 3 N–H and O–H groups in total. The second-order valence-electron chi connectivity index (χ2n) is 4.67. The molecule has 0 saturated carbocycles. The summed E-state index contributed by atoms with van der Waals surface area (Å²) in [6.45, 7) is 0.496. The minimum atomic E-state index is -0.993. The Morgan fingerprint density at radius 2 is 1.59 bits per heavy atom. The topological polar surface area (TPSA) is 78.4 Å². The second kappa shape index (κ2) is 7.21. The van der Waals surface area contributed by atoms with Gasteiger partial charge in [-0.15, -0.1) is 0 Å². The molecule has 0 aliphatic rings. The van der Waals surface area contributed by atoms with E-state index in [4.69, 9.17) is 5.11 Å². The summed E-state index contributed by atoms with van der Waals surface area (Å²) < 4.78 is 13.0. The van der Waals surface area contributed by atoms with Crippen LogP contribution >= 0.6 is 0 Å². The Labute approximate surface area is 126 Å². The highest BCUT2D eigenvalue weighted by atomic mass is 19.1. The van der Waals surface area contributed by atoms with Gasteiger partial charge in [-0.05, 0) is 35.4 Å². The zero-order valence-electron chi connectivity index (χ0n) is 11.7. The van der Waals surface area contributed by atoms with Crippen LogP contribution in [0.2, 0.25) is 0 Å². The molecule has 0 aliphatic heterocycles. The lowest BCUT2D eigenvalue weighted by molar-refractivity contribution is 0.0697. The maximum absolute atomic E-state index is 13.0. The highest BCUT2D eigenvalue weighted by molar-refractivity contribution is 5.87. The summed E-state index contributed by atoms with van der Waals surface area (Å²) in [6.07, 6.45) is 0. The maximum atomic E-state index is 13.0. The van der Waals surface area contributed by atoms with Gasteiger partial charge in [0.2, 0.25) is 0 Å². The van der Waals surface area contributed by atoms with Crippen molar-refractivity contribution in [2.75, 3.05) is 0 Å². The Kier molecular flexibility index (Phi) is 5.08. The maximum Gasteiger partial charge on any atom is 0.335 e. The van der Waals surface area contributed by atoms with Crippen molar-refractivity contribution >= 4 is 12.0 Å². The lowest BCUT2D eigenvalue weighted by atomic mass is 10.1. The Bertz CT molecular complexity index is 671. The minimum absolute atomic E-state index is 0.194. The standard InChI is InChI=1S/C16H15FN2O3/c17-14-3-1-2-12(8-14)10-19-16(22)18-9-11-4-6-13(7-5-11)15(20)21/h1-8H,9-10H2,(H,20,21)(H2,18,19,22). The molecule has 114 valence electrons. The van der Waals surface area contributed by atoms with Crippen LogP contribution in [0.15, 0.2) is 48.5 Å². The normalized spacial score (nSPS) is 10.0. The molecule has 0 aliphatic carbocycles. The van der Waals surface area contributed by atoms with Crippen molar-refractivity contribution in [3.63, 3.8) is 0 Å². The zero-order chi connectivity index (χ0) is 15.9. The number of carbonyl (C=O) groups excluding carboxylic acids is 1. The van der Waals surface area contributed by atoms with E-state index >= 15 is 0 Å². The third-order valence-corrected chi connectivity index (χ3v) is 3.00. The number of carbonyl (C=O) groups is 2. The van der Waals surface area contributed by atoms with Crippen LogP contribution < -0.4 is 10.6 Å². The van der Waals surface area contributed by atoms with Crippen LogP contribution in [0, 0.1) is 5.82 Å². The Morgan fingerprint density at radius 3 is 2.18 bits per heavy atom. The molecule has 6 heteroatoms. The number of carboxylic acids is 1. The van der Waals surface area contributed by atoms with Gasteiger partial charge >= 0.3 is 12.0 Å². The van der Waals surface area contributed by atoms with E-state index in [9.17, 15) is 14.0 Å². The van der Waals surface area contributed by atoms with E-state index in [1.165, 1.54) is 24.3 Å². The lowest BCUT2D eigenvalue weighted by Crippen LogP contribution is -2.34. The molecule has 0 heterocycles. The van der Waals surface area contributed by atoms with Crippen LogP contribution in [0.4, 0.5) is 9.18 Å². The van der Waals surface area contributed by atoms with Gasteiger partial charge in [-0.2, -0.15) is 0 Å². The van der Waals surface area contributed by atoms with Crippen molar-refractivity contribution in [2.24, 2.45) is 0 Å². The molecule has 22 heavy (non-hydrogen) atoms. The highest BCUT2D eigenvalue weighted by Crippen LogP contribution is 2.05. The van der Waals surface area contributed by atoms with Crippen LogP contribution in [0.25, 0.3) is 0 Å². The fraction of sp³-hybridized carbons (Fsp3) is 0.125. The van der Waals surface area contributed by atoms with Crippen molar-refractivity contribution < 1.29 is 19.1 Å². The van der Waals surface area contributed by atoms with E-state index < -0.39 is 5.97 Å². The van der Waals surface area contributed by atoms with Gasteiger partial charge < -0.3 is 15.7 Å². The number of halogens is 1. The molecular weight excluding hydrogens is 287 g/mol. The molecule has 2 amide bonds. The average Bonchev–Trinajstić information content (AvgIpc) is 2.51. The number of hydrogen-bond donors (Lipinski definition) is 3. The quantitative estimate of drug-likeness (QED) is 0.794. The summed E-state index contributed by atoms with van der Waals surface area (Å²) in [5.41, 5.74) is 1.64. The Hall–Kier alpha value is -2.89.